The van der Waals surface area contributed by atoms with Crippen LogP contribution in [0.15, 0.2) is 0 Å². The van der Waals surface area contributed by atoms with E-state index in [1.54, 1.807) is 13.8 Å². The molecule has 0 unspecified atom stereocenters. The van der Waals surface area contributed by atoms with Crippen molar-refractivity contribution in [1.82, 2.24) is 0 Å². The quantitative estimate of drug-likeness (QED) is 0.624. The minimum atomic E-state index is -0.757. The van der Waals surface area contributed by atoms with Crippen LogP contribution in [0, 0.1) is 12.3 Å². The second kappa shape index (κ2) is 3.87. The van der Waals surface area contributed by atoms with Crippen LogP contribution >= 0.6 is 0 Å². The van der Waals surface area contributed by atoms with Crippen LogP contribution in [0.3, 0.4) is 0 Å². The number of amides is 1. The highest BCUT2D eigenvalue weighted by atomic mass is 16.6. The first kappa shape index (κ1) is 9.83. The van der Waals surface area contributed by atoms with Gasteiger partial charge < -0.3 is 10.5 Å². The van der Waals surface area contributed by atoms with Gasteiger partial charge in [-0.05, 0) is 20.3 Å². The third kappa shape index (κ3) is 5.28. The molecule has 11 heavy (non-hydrogen) atoms. The zero-order valence-electron chi connectivity index (χ0n) is 6.89. The molecular weight excluding hydrogens is 142 g/mol. The van der Waals surface area contributed by atoms with Crippen LogP contribution in [0.5, 0.6) is 0 Å². The lowest BCUT2D eigenvalue weighted by Crippen LogP contribution is -2.30. The highest BCUT2D eigenvalue weighted by molar-refractivity contribution is 5.65. The van der Waals surface area contributed by atoms with Gasteiger partial charge in [-0.15, -0.1) is 12.3 Å². The maximum atomic E-state index is 10.3. The number of ether oxygens (including phenoxy) is 1. The molecule has 0 aromatic heterocycles. The van der Waals surface area contributed by atoms with Gasteiger partial charge in [0.2, 0.25) is 0 Å². The zero-order chi connectivity index (χ0) is 8.91. The molecule has 0 aliphatic rings. The van der Waals surface area contributed by atoms with Gasteiger partial charge in [-0.2, -0.15) is 0 Å². The van der Waals surface area contributed by atoms with Crippen molar-refractivity contribution in [3.05, 3.63) is 0 Å². The smallest absolute Gasteiger partial charge is 0.405 e. The Labute approximate surface area is 66.9 Å². The van der Waals surface area contributed by atoms with E-state index in [4.69, 9.17) is 16.9 Å². The van der Waals surface area contributed by atoms with E-state index in [-0.39, 0.29) is 0 Å². The van der Waals surface area contributed by atoms with E-state index in [0.717, 1.165) is 0 Å². The summed E-state index contributed by atoms with van der Waals surface area (Å²) in [6.07, 6.45) is 5.50. The number of primary amides is 1. The predicted octanol–water partition coefficient (Wildman–Crippen LogP) is 1.27. The summed E-state index contributed by atoms with van der Waals surface area (Å²) in [5.41, 5.74) is 4.29. The Morgan fingerprint density at radius 1 is 1.73 bits per heavy atom. The molecule has 2 N–H and O–H groups in total. The van der Waals surface area contributed by atoms with Crippen molar-refractivity contribution in [2.24, 2.45) is 5.73 Å². The van der Waals surface area contributed by atoms with Crippen LogP contribution in [0.1, 0.15) is 26.7 Å². The molecule has 0 atom stereocenters. The minimum absolute atomic E-state index is 0.543. The Kier molecular flexibility index (Phi) is 3.46. The lowest BCUT2D eigenvalue weighted by atomic mass is 10.0. The molecule has 0 aromatic carbocycles. The van der Waals surface area contributed by atoms with Gasteiger partial charge in [0.25, 0.3) is 0 Å². The third-order valence-electron chi connectivity index (χ3n) is 1.25. The van der Waals surface area contributed by atoms with E-state index in [1.807, 2.05) is 0 Å². The number of carbonyl (C=O) groups excluding carboxylic acids is 1. The molecule has 0 radical (unpaired) electrons. The number of terminal acetylenes is 1. The maximum Gasteiger partial charge on any atom is 0.405 e. The highest BCUT2D eigenvalue weighted by Gasteiger charge is 2.20. The molecule has 0 aromatic rings. The molecule has 0 spiro atoms. The van der Waals surface area contributed by atoms with Gasteiger partial charge in [-0.25, -0.2) is 4.79 Å². The topological polar surface area (TPSA) is 52.3 Å². The second-order valence-electron chi connectivity index (χ2n) is 2.88. The average Bonchev–Trinajstić information content (AvgIpc) is 1.81. The summed E-state index contributed by atoms with van der Waals surface area (Å²) in [7, 11) is 0. The molecule has 1 amide bonds. The Balaban J connectivity index is 3.81. The minimum Gasteiger partial charge on any atom is -0.444 e. The van der Waals surface area contributed by atoms with E-state index < -0.39 is 11.7 Å². The van der Waals surface area contributed by atoms with Crippen molar-refractivity contribution in [3.8, 4) is 12.3 Å². The van der Waals surface area contributed by atoms with Crippen molar-refractivity contribution in [2.75, 3.05) is 0 Å². The molecule has 62 valence electrons. The molecule has 3 heteroatoms. The first-order chi connectivity index (χ1) is 4.98. The summed E-state index contributed by atoms with van der Waals surface area (Å²) in [6.45, 7) is 3.55. The third-order valence-corrected chi connectivity index (χ3v) is 1.25. The van der Waals surface area contributed by atoms with E-state index >= 15 is 0 Å². The lowest BCUT2D eigenvalue weighted by Gasteiger charge is -2.22. The van der Waals surface area contributed by atoms with Gasteiger partial charge in [0.1, 0.15) is 5.60 Å². The van der Waals surface area contributed by atoms with Gasteiger partial charge in [-0.3, -0.25) is 0 Å². The van der Waals surface area contributed by atoms with Gasteiger partial charge in [0.05, 0.1) is 0 Å². The SMILES string of the molecule is C#CCCC(C)(C)OC(N)=O. The van der Waals surface area contributed by atoms with Gasteiger partial charge in [-0.1, -0.05) is 0 Å². The molecule has 0 bridgehead atoms. The highest BCUT2D eigenvalue weighted by Crippen LogP contribution is 2.15. The molecule has 0 fully saturated rings. The predicted molar refractivity (Wildman–Crippen MR) is 42.8 cm³/mol. The van der Waals surface area contributed by atoms with Crippen molar-refractivity contribution in [2.45, 2.75) is 32.3 Å². The number of carbonyl (C=O) groups is 1. The lowest BCUT2D eigenvalue weighted by molar-refractivity contribution is 0.0403. The fraction of sp³-hybridized carbons (Fsp3) is 0.625. The van der Waals surface area contributed by atoms with Gasteiger partial charge in [0.15, 0.2) is 0 Å². The van der Waals surface area contributed by atoms with Crippen LogP contribution < -0.4 is 5.73 Å². The van der Waals surface area contributed by atoms with Crippen LogP contribution in [0.4, 0.5) is 4.79 Å². The molecule has 0 saturated carbocycles. The van der Waals surface area contributed by atoms with Crippen LogP contribution in [0.25, 0.3) is 0 Å². The molecular formula is C8H13NO2. The van der Waals surface area contributed by atoms with Crippen molar-refractivity contribution >= 4 is 6.09 Å². The fourth-order valence-corrected chi connectivity index (χ4v) is 0.697. The van der Waals surface area contributed by atoms with Crippen molar-refractivity contribution in [3.63, 3.8) is 0 Å². The molecule has 0 saturated heterocycles. The van der Waals surface area contributed by atoms with Gasteiger partial charge in [0, 0.05) is 6.42 Å². The Morgan fingerprint density at radius 2 is 2.27 bits per heavy atom. The molecule has 0 rings (SSSR count). The molecule has 0 aliphatic carbocycles. The summed E-state index contributed by atoms with van der Waals surface area (Å²) in [4.78, 5) is 10.3. The molecule has 3 nitrogen and oxygen atoms in total. The number of rotatable bonds is 3. The number of hydrogen-bond donors (Lipinski definition) is 1. The number of hydrogen-bond acceptors (Lipinski definition) is 2. The zero-order valence-corrected chi connectivity index (χ0v) is 6.89. The van der Waals surface area contributed by atoms with E-state index in [0.29, 0.717) is 12.8 Å². The van der Waals surface area contributed by atoms with Crippen LogP contribution in [-0.4, -0.2) is 11.7 Å². The van der Waals surface area contributed by atoms with E-state index in [1.165, 1.54) is 0 Å². The first-order valence-corrected chi connectivity index (χ1v) is 3.40. The summed E-state index contributed by atoms with van der Waals surface area (Å²) >= 11 is 0. The average molecular weight is 155 g/mol. The van der Waals surface area contributed by atoms with Crippen LogP contribution in [-0.2, 0) is 4.74 Å². The first-order valence-electron chi connectivity index (χ1n) is 3.40. The number of nitrogens with two attached hydrogens (primary N) is 1. The monoisotopic (exact) mass is 155 g/mol. The van der Waals surface area contributed by atoms with E-state index in [2.05, 4.69) is 5.92 Å². The summed E-state index contributed by atoms with van der Waals surface area (Å²) < 4.78 is 4.78. The standard InChI is InChI=1S/C8H13NO2/c1-4-5-6-8(2,3)11-7(9)10/h1H,5-6H2,2-3H3,(H2,9,10). The second-order valence-corrected chi connectivity index (χ2v) is 2.88. The molecule has 0 heterocycles. The largest absolute Gasteiger partial charge is 0.444 e. The fourth-order valence-electron chi connectivity index (χ4n) is 0.697. The summed E-state index contributed by atoms with van der Waals surface area (Å²) in [6, 6.07) is 0. The Hall–Kier alpha value is -1.17. The van der Waals surface area contributed by atoms with Crippen LogP contribution in [0.2, 0.25) is 0 Å². The Morgan fingerprint density at radius 3 is 2.64 bits per heavy atom. The Bertz CT molecular complexity index is 179. The van der Waals surface area contributed by atoms with Crippen molar-refractivity contribution < 1.29 is 9.53 Å². The summed E-state index contributed by atoms with van der Waals surface area (Å²) in [5, 5.41) is 0. The maximum absolute atomic E-state index is 10.3. The van der Waals surface area contributed by atoms with E-state index in [9.17, 15) is 4.79 Å². The normalized spacial score (nSPS) is 10.3. The summed E-state index contributed by atoms with van der Waals surface area (Å²) in [5.74, 6) is 2.46. The van der Waals surface area contributed by atoms with Gasteiger partial charge >= 0.3 is 6.09 Å². The molecule has 0 aliphatic heterocycles. The van der Waals surface area contributed by atoms with Crippen molar-refractivity contribution in [1.29, 1.82) is 0 Å².